The number of aliphatic carboxylic acids is 3. The number of aromatic amines is 1. The summed E-state index contributed by atoms with van der Waals surface area (Å²) in [6.07, 6.45) is 1.12. The SMILES string of the molecule is CC(C)CC(NC(=O)C(N)CC(=O)O)C(=O)NC(CCC(=O)O)C(=O)NC(Cc1cnc[nH]1)C(=O)O. The zero-order valence-corrected chi connectivity index (χ0v) is 19.9. The minimum absolute atomic E-state index is 0.0994. The van der Waals surface area contributed by atoms with Gasteiger partial charge in [0.05, 0.1) is 18.8 Å². The highest BCUT2D eigenvalue weighted by atomic mass is 16.4. The summed E-state index contributed by atoms with van der Waals surface area (Å²) in [6.45, 7) is 3.51. The summed E-state index contributed by atoms with van der Waals surface area (Å²) in [7, 11) is 0. The molecule has 1 heterocycles. The van der Waals surface area contributed by atoms with Crippen LogP contribution in [0.1, 0.15) is 45.2 Å². The number of H-pyrrole nitrogens is 1. The van der Waals surface area contributed by atoms with E-state index in [4.69, 9.17) is 15.9 Å². The van der Waals surface area contributed by atoms with Crippen LogP contribution in [0.2, 0.25) is 0 Å². The lowest BCUT2D eigenvalue weighted by molar-refractivity contribution is -0.143. The number of nitrogens with one attached hydrogen (secondary N) is 4. The van der Waals surface area contributed by atoms with Crippen LogP contribution in [0.25, 0.3) is 0 Å². The van der Waals surface area contributed by atoms with Crippen molar-refractivity contribution in [2.75, 3.05) is 0 Å². The fourth-order valence-electron chi connectivity index (χ4n) is 3.16. The Morgan fingerprint density at radius 1 is 0.917 bits per heavy atom. The molecule has 4 atom stereocenters. The summed E-state index contributed by atoms with van der Waals surface area (Å²) in [4.78, 5) is 78.1. The Bertz CT molecular complexity index is 934. The molecule has 0 bridgehead atoms. The summed E-state index contributed by atoms with van der Waals surface area (Å²) < 4.78 is 0. The zero-order valence-electron chi connectivity index (χ0n) is 19.9. The lowest BCUT2D eigenvalue weighted by atomic mass is 10.0. The number of carboxylic acids is 3. The molecule has 15 heteroatoms. The Morgan fingerprint density at radius 2 is 1.50 bits per heavy atom. The van der Waals surface area contributed by atoms with Gasteiger partial charge in [-0.1, -0.05) is 13.8 Å². The van der Waals surface area contributed by atoms with Crippen molar-refractivity contribution in [3.63, 3.8) is 0 Å². The van der Waals surface area contributed by atoms with E-state index < -0.39 is 72.6 Å². The van der Waals surface area contributed by atoms with Gasteiger partial charge in [0.1, 0.15) is 18.1 Å². The largest absolute Gasteiger partial charge is 0.481 e. The number of nitrogens with two attached hydrogens (primary N) is 1. The molecule has 0 spiro atoms. The summed E-state index contributed by atoms with van der Waals surface area (Å²) in [5.74, 6) is -6.71. The van der Waals surface area contributed by atoms with Crippen molar-refractivity contribution in [1.29, 1.82) is 0 Å². The van der Waals surface area contributed by atoms with Crippen LogP contribution in [0.3, 0.4) is 0 Å². The summed E-state index contributed by atoms with van der Waals surface area (Å²) in [5, 5.41) is 34.3. The Labute approximate surface area is 206 Å². The van der Waals surface area contributed by atoms with Crippen molar-refractivity contribution < 1.29 is 44.1 Å². The number of nitrogens with zero attached hydrogens (tertiary/aromatic N) is 1. The molecule has 0 aliphatic heterocycles. The van der Waals surface area contributed by atoms with Gasteiger partial charge in [-0.3, -0.25) is 24.0 Å². The van der Waals surface area contributed by atoms with Gasteiger partial charge in [0.2, 0.25) is 17.7 Å². The van der Waals surface area contributed by atoms with E-state index >= 15 is 0 Å². The Hall–Kier alpha value is -4.01. The molecule has 1 aromatic rings. The molecule has 0 aliphatic carbocycles. The molecule has 4 unspecified atom stereocenters. The van der Waals surface area contributed by atoms with Crippen LogP contribution in [-0.4, -0.2) is 85.1 Å². The number of imidazole rings is 1. The van der Waals surface area contributed by atoms with Crippen molar-refractivity contribution in [3.05, 3.63) is 18.2 Å². The van der Waals surface area contributed by atoms with Gasteiger partial charge >= 0.3 is 17.9 Å². The van der Waals surface area contributed by atoms with Gasteiger partial charge in [0.15, 0.2) is 0 Å². The predicted molar refractivity (Wildman–Crippen MR) is 122 cm³/mol. The molecule has 36 heavy (non-hydrogen) atoms. The fourth-order valence-corrected chi connectivity index (χ4v) is 3.16. The predicted octanol–water partition coefficient (Wildman–Crippen LogP) is -1.80. The van der Waals surface area contributed by atoms with E-state index in [0.29, 0.717) is 5.69 Å². The Balaban J connectivity index is 3.01. The van der Waals surface area contributed by atoms with E-state index in [2.05, 4.69) is 25.9 Å². The van der Waals surface area contributed by atoms with E-state index in [1.165, 1.54) is 12.5 Å². The normalized spacial score (nSPS) is 14.2. The smallest absolute Gasteiger partial charge is 0.326 e. The topological polar surface area (TPSA) is 254 Å². The van der Waals surface area contributed by atoms with Crippen LogP contribution >= 0.6 is 0 Å². The van der Waals surface area contributed by atoms with Gasteiger partial charge in [-0.2, -0.15) is 0 Å². The van der Waals surface area contributed by atoms with Crippen LogP contribution in [0.4, 0.5) is 0 Å². The second-order valence-corrected chi connectivity index (χ2v) is 8.57. The zero-order chi connectivity index (χ0) is 27.4. The van der Waals surface area contributed by atoms with Crippen LogP contribution in [0.15, 0.2) is 12.5 Å². The van der Waals surface area contributed by atoms with Crippen LogP contribution < -0.4 is 21.7 Å². The average Bonchev–Trinajstić information content (AvgIpc) is 3.27. The van der Waals surface area contributed by atoms with E-state index in [0.717, 1.165) is 0 Å². The molecule has 9 N–H and O–H groups in total. The van der Waals surface area contributed by atoms with Crippen molar-refractivity contribution >= 4 is 35.6 Å². The summed E-state index contributed by atoms with van der Waals surface area (Å²) >= 11 is 0. The maximum atomic E-state index is 13.0. The highest BCUT2D eigenvalue weighted by Gasteiger charge is 2.31. The fraction of sp³-hybridized carbons (Fsp3) is 0.571. The van der Waals surface area contributed by atoms with Gasteiger partial charge in [-0.15, -0.1) is 0 Å². The lowest BCUT2D eigenvalue weighted by Crippen LogP contribution is -2.57. The number of amides is 3. The quantitative estimate of drug-likeness (QED) is 0.123. The van der Waals surface area contributed by atoms with Crippen molar-refractivity contribution in [2.45, 2.75) is 70.1 Å². The van der Waals surface area contributed by atoms with Gasteiger partial charge in [0, 0.05) is 24.7 Å². The van der Waals surface area contributed by atoms with Crippen LogP contribution in [0.5, 0.6) is 0 Å². The molecule has 0 radical (unpaired) electrons. The van der Waals surface area contributed by atoms with Gasteiger partial charge in [-0.25, -0.2) is 9.78 Å². The average molecular weight is 513 g/mol. The summed E-state index contributed by atoms with van der Waals surface area (Å²) in [6, 6.07) is -5.47. The van der Waals surface area contributed by atoms with Gasteiger partial charge < -0.3 is 42.0 Å². The molecule has 200 valence electrons. The monoisotopic (exact) mass is 512 g/mol. The first-order valence-electron chi connectivity index (χ1n) is 11.1. The Kier molecular flexibility index (Phi) is 12.0. The molecular weight excluding hydrogens is 480 g/mol. The van der Waals surface area contributed by atoms with Crippen molar-refractivity contribution in [2.24, 2.45) is 11.7 Å². The molecule has 0 saturated heterocycles. The molecule has 1 aromatic heterocycles. The van der Waals surface area contributed by atoms with Crippen LogP contribution in [0, 0.1) is 5.92 Å². The van der Waals surface area contributed by atoms with Gasteiger partial charge in [0.25, 0.3) is 0 Å². The molecule has 0 saturated carbocycles. The van der Waals surface area contributed by atoms with E-state index in [1.807, 2.05) is 0 Å². The first kappa shape index (κ1) is 30.0. The third kappa shape index (κ3) is 10.9. The molecular formula is C21H32N6O9. The number of hydrogen-bond acceptors (Lipinski definition) is 8. The number of carboxylic acid groups (broad SMARTS) is 3. The molecule has 0 fully saturated rings. The second kappa shape index (κ2) is 14.4. The number of rotatable bonds is 16. The molecule has 3 amide bonds. The summed E-state index contributed by atoms with van der Waals surface area (Å²) in [5.41, 5.74) is 5.97. The Morgan fingerprint density at radius 3 is 2.00 bits per heavy atom. The maximum absolute atomic E-state index is 13.0. The molecule has 0 aromatic carbocycles. The molecule has 0 aliphatic rings. The highest BCUT2D eigenvalue weighted by molar-refractivity contribution is 5.94. The standard InChI is InChI=1S/C21H32N6O9/c1-10(2)5-14(26-18(32)12(22)7-17(30)31)20(34)25-13(3-4-16(28)29)19(33)27-15(21(35)36)6-11-8-23-9-24-11/h8-10,12-15H,3-7,22H2,1-2H3,(H,23,24)(H,25,34)(H,26,32)(H,27,33)(H,28,29)(H,30,31)(H,35,36). The van der Waals surface area contributed by atoms with Crippen molar-refractivity contribution in [1.82, 2.24) is 25.9 Å². The first-order valence-corrected chi connectivity index (χ1v) is 11.1. The van der Waals surface area contributed by atoms with E-state index in [1.54, 1.807) is 13.8 Å². The van der Waals surface area contributed by atoms with Crippen molar-refractivity contribution in [3.8, 4) is 0 Å². The second-order valence-electron chi connectivity index (χ2n) is 8.57. The maximum Gasteiger partial charge on any atom is 0.326 e. The number of carbonyl (C=O) groups excluding carboxylic acids is 3. The third-order valence-electron chi connectivity index (χ3n) is 4.94. The third-order valence-corrected chi connectivity index (χ3v) is 4.94. The number of hydrogen-bond donors (Lipinski definition) is 8. The highest BCUT2D eigenvalue weighted by Crippen LogP contribution is 2.08. The van der Waals surface area contributed by atoms with E-state index in [9.17, 15) is 33.9 Å². The first-order chi connectivity index (χ1) is 16.8. The molecule has 1 rings (SSSR count). The minimum atomic E-state index is -1.43. The number of carbonyl (C=O) groups is 6. The van der Waals surface area contributed by atoms with Crippen LogP contribution in [-0.2, 0) is 35.2 Å². The van der Waals surface area contributed by atoms with E-state index in [-0.39, 0.29) is 25.2 Å². The lowest BCUT2D eigenvalue weighted by Gasteiger charge is -2.25. The minimum Gasteiger partial charge on any atom is -0.481 e. The molecule has 15 nitrogen and oxygen atoms in total. The number of aromatic nitrogens is 2. The van der Waals surface area contributed by atoms with Gasteiger partial charge in [-0.05, 0) is 18.8 Å².